The Morgan fingerprint density at radius 1 is 1.26 bits per heavy atom. The molecule has 2 rings (SSSR count). The topological polar surface area (TPSA) is 49.3 Å². The zero-order chi connectivity index (χ0) is 13.8. The predicted molar refractivity (Wildman–Crippen MR) is 77.8 cm³/mol. The standard InChI is InChI=1S/C16H23NO2/c1-11-4-3-5-13(8-6-11)17-15-10-12(2)7-9-14(15)16(18)19/h7,9-11,13,17H,3-6,8H2,1-2H3,(H,18,19). The van der Waals surface area contributed by atoms with Crippen LogP contribution in [-0.4, -0.2) is 17.1 Å². The van der Waals surface area contributed by atoms with E-state index < -0.39 is 5.97 Å². The molecule has 0 aliphatic heterocycles. The molecule has 2 unspecified atom stereocenters. The zero-order valence-corrected chi connectivity index (χ0v) is 11.8. The van der Waals surface area contributed by atoms with Crippen LogP contribution in [0, 0.1) is 12.8 Å². The number of anilines is 1. The van der Waals surface area contributed by atoms with Gasteiger partial charge >= 0.3 is 5.97 Å². The maximum Gasteiger partial charge on any atom is 0.337 e. The summed E-state index contributed by atoms with van der Waals surface area (Å²) < 4.78 is 0. The molecule has 0 heterocycles. The quantitative estimate of drug-likeness (QED) is 0.806. The van der Waals surface area contributed by atoms with Crippen molar-refractivity contribution < 1.29 is 9.90 Å². The first kappa shape index (κ1) is 13.9. The number of carboxylic acid groups (broad SMARTS) is 1. The molecule has 3 nitrogen and oxygen atoms in total. The maximum atomic E-state index is 11.3. The number of benzene rings is 1. The lowest BCUT2D eigenvalue weighted by atomic mass is 10.0. The fourth-order valence-electron chi connectivity index (χ4n) is 2.82. The highest BCUT2D eigenvalue weighted by Gasteiger charge is 2.18. The number of aromatic carboxylic acids is 1. The van der Waals surface area contributed by atoms with E-state index in [-0.39, 0.29) is 0 Å². The van der Waals surface area contributed by atoms with Gasteiger partial charge in [-0.3, -0.25) is 0 Å². The third-order valence-corrected chi connectivity index (χ3v) is 4.02. The third-order valence-electron chi connectivity index (χ3n) is 4.02. The van der Waals surface area contributed by atoms with Crippen LogP contribution in [0.4, 0.5) is 5.69 Å². The van der Waals surface area contributed by atoms with E-state index in [0.717, 1.165) is 30.0 Å². The van der Waals surface area contributed by atoms with E-state index in [2.05, 4.69) is 12.2 Å². The van der Waals surface area contributed by atoms with Crippen LogP contribution in [-0.2, 0) is 0 Å². The van der Waals surface area contributed by atoms with E-state index in [9.17, 15) is 9.90 Å². The lowest BCUT2D eigenvalue weighted by Crippen LogP contribution is -2.20. The minimum Gasteiger partial charge on any atom is -0.478 e. The van der Waals surface area contributed by atoms with Crippen molar-refractivity contribution in [3.05, 3.63) is 29.3 Å². The SMILES string of the molecule is Cc1ccc(C(=O)O)c(NC2CCCC(C)CC2)c1. The Morgan fingerprint density at radius 2 is 2.05 bits per heavy atom. The van der Waals surface area contributed by atoms with E-state index in [4.69, 9.17) is 0 Å². The largest absolute Gasteiger partial charge is 0.478 e. The highest BCUT2D eigenvalue weighted by molar-refractivity contribution is 5.94. The monoisotopic (exact) mass is 261 g/mol. The number of aryl methyl sites for hydroxylation is 1. The minimum atomic E-state index is -0.857. The zero-order valence-electron chi connectivity index (χ0n) is 11.8. The van der Waals surface area contributed by atoms with E-state index in [1.807, 2.05) is 19.1 Å². The van der Waals surface area contributed by atoms with Crippen LogP contribution in [0.25, 0.3) is 0 Å². The van der Waals surface area contributed by atoms with Crippen LogP contribution in [0.5, 0.6) is 0 Å². The minimum absolute atomic E-state index is 0.378. The van der Waals surface area contributed by atoms with E-state index in [1.165, 1.54) is 19.3 Å². The van der Waals surface area contributed by atoms with Crippen molar-refractivity contribution in [2.24, 2.45) is 5.92 Å². The van der Waals surface area contributed by atoms with Crippen LogP contribution in [0.15, 0.2) is 18.2 Å². The Labute approximate surface area is 115 Å². The second-order valence-corrected chi connectivity index (χ2v) is 5.81. The number of carboxylic acids is 1. The van der Waals surface area contributed by atoms with Crippen molar-refractivity contribution >= 4 is 11.7 Å². The molecule has 1 saturated carbocycles. The number of hydrogen-bond acceptors (Lipinski definition) is 2. The second-order valence-electron chi connectivity index (χ2n) is 5.81. The van der Waals surface area contributed by atoms with Crippen LogP contribution < -0.4 is 5.32 Å². The van der Waals surface area contributed by atoms with E-state index in [0.29, 0.717) is 11.6 Å². The number of nitrogens with one attached hydrogen (secondary N) is 1. The second kappa shape index (κ2) is 6.09. The molecule has 0 radical (unpaired) electrons. The molecule has 0 aromatic heterocycles. The Kier molecular flexibility index (Phi) is 4.46. The average molecular weight is 261 g/mol. The summed E-state index contributed by atoms with van der Waals surface area (Å²) in [5.74, 6) is -0.0623. The van der Waals surface area contributed by atoms with Gasteiger partial charge in [-0.15, -0.1) is 0 Å². The Hall–Kier alpha value is -1.51. The van der Waals surface area contributed by atoms with Gasteiger partial charge in [-0.25, -0.2) is 4.79 Å². The molecule has 1 aromatic rings. The van der Waals surface area contributed by atoms with Gasteiger partial charge < -0.3 is 10.4 Å². The fourth-order valence-corrected chi connectivity index (χ4v) is 2.82. The molecular formula is C16H23NO2. The van der Waals surface area contributed by atoms with Gasteiger partial charge in [0.1, 0.15) is 0 Å². The van der Waals surface area contributed by atoms with Crippen molar-refractivity contribution in [3.63, 3.8) is 0 Å². The summed E-state index contributed by atoms with van der Waals surface area (Å²) in [4.78, 5) is 11.3. The van der Waals surface area contributed by atoms with Crippen LogP contribution in [0.3, 0.4) is 0 Å². The van der Waals surface area contributed by atoms with Gasteiger partial charge in [0.25, 0.3) is 0 Å². The number of hydrogen-bond donors (Lipinski definition) is 2. The van der Waals surface area contributed by atoms with Gasteiger partial charge in [0.15, 0.2) is 0 Å². The molecule has 0 spiro atoms. The van der Waals surface area contributed by atoms with Crippen molar-refractivity contribution in [3.8, 4) is 0 Å². The normalized spacial score (nSPS) is 23.7. The highest BCUT2D eigenvalue weighted by Crippen LogP contribution is 2.26. The molecule has 1 fully saturated rings. The third kappa shape index (κ3) is 3.72. The molecule has 1 aliphatic carbocycles. The highest BCUT2D eigenvalue weighted by atomic mass is 16.4. The summed E-state index contributed by atoms with van der Waals surface area (Å²) in [5, 5.41) is 12.7. The number of carbonyl (C=O) groups is 1. The molecule has 104 valence electrons. The maximum absolute atomic E-state index is 11.3. The molecule has 0 amide bonds. The molecule has 2 N–H and O–H groups in total. The molecular weight excluding hydrogens is 238 g/mol. The van der Waals surface area contributed by atoms with Crippen LogP contribution in [0.1, 0.15) is 54.9 Å². The summed E-state index contributed by atoms with van der Waals surface area (Å²) in [5.41, 5.74) is 2.24. The molecule has 0 saturated heterocycles. The van der Waals surface area contributed by atoms with E-state index >= 15 is 0 Å². The van der Waals surface area contributed by atoms with Gasteiger partial charge in [0.2, 0.25) is 0 Å². The van der Waals surface area contributed by atoms with Gasteiger partial charge in [0, 0.05) is 11.7 Å². The van der Waals surface area contributed by atoms with Gasteiger partial charge in [-0.1, -0.05) is 25.8 Å². The summed E-state index contributed by atoms with van der Waals surface area (Å²) >= 11 is 0. The average Bonchev–Trinajstić information content (AvgIpc) is 2.54. The van der Waals surface area contributed by atoms with Crippen LogP contribution in [0.2, 0.25) is 0 Å². The lowest BCUT2D eigenvalue weighted by Gasteiger charge is -2.19. The number of rotatable bonds is 3. The fraction of sp³-hybridized carbons (Fsp3) is 0.562. The predicted octanol–water partition coefficient (Wildman–Crippen LogP) is 4.07. The van der Waals surface area contributed by atoms with Crippen molar-refractivity contribution in [1.29, 1.82) is 0 Å². The smallest absolute Gasteiger partial charge is 0.337 e. The lowest BCUT2D eigenvalue weighted by molar-refractivity contribution is 0.0698. The first-order valence-electron chi connectivity index (χ1n) is 7.16. The molecule has 3 heteroatoms. The van der Waals surface area contributed by atoms with Crippen molar-refractivity contribution in [2.45, 2.75) is 52.0 Å². The molecule has 19 heavy (non-hydrogen) atoms. The summed E-state index contributed by atoms with van der Waals surface area (Å²) in [6.45, 7) is 4.30. The Morgan fingerprint density at radius 3 is 2.79 bits per heavy atom. The van der Waals surface area contributed by atoms with Crippen LogP contribution >= 0.6 is 0 Å². The summed E-state index contributed by atoms with van der Waals surface area (Å²) in [7, 11) is 0. The Balaban J connectivity index is 2.13. The van der Waals surface area contributed by atoms with Gasteiger partial charge in [-0.2, -0.15) is 0 Å². The summed E-state index contributed by atoms with van der Waals surface area (Å²) in [6, 6.07) is 5.89. The molecule has 1 aliphatic rings. The molecule has 2 atom stereocenters. The van der Waals surface area contributed by atoms with Gasteiger partial charge in [-0.05, 0) is 49.8 Å². The first-order chi connectivity index (χ1) is 9.06. The van der Waals surface area contributed by atoms with Gasteiger partial charge in [0.05, 0.1) is 5.56 Å². The van der Waals surface area contributed by atoms with Crippen molar-refractivity contribution in [1.82, 2.24) is 0 Å². The van der Waals surface area contributed by atoms with Crippen molar-refractivity contribution in [2.75, 3.05) is 5.32 Å². The molecule has 0 bridgehead atoms. The summed E-state index contributed by atoms with van der Waals surface area (Å²) in [6.07, 6.45) is 6.02. The van der Waals surface area contributed by atoms with E-state index in [1.54, 1.807) is 6.07 Å². The first-order valence-corrected chi connectivity index (χ1v) is 7.16. The Bertz CT molecular complexity index is 456. The molecule has 1 aromatic carbocycles.